The van der Waals surface area contributed by atoms with E-state index < -0.39 is 15.9 Å². The highest BCUT2D eigenvalue weighted by molar-refractivity contribution is 7.91. The highest BCUT2D eigenvalue weighted by Crippen LogP contribution is 2.20. The van der Waals surface area contributed by atoms with Crippen molar-refractivity contribution < 1.29 is 18.3 Å². The van der Waals surface area contributed by atoms with Gasteiger partial charge in [-0.2, -0.15) is 0 Å². The molecule has 1 aromatic carbocycles. The van der Waals surface area contributed by atoms with E-state index in [0.29, 0.717) is 19.3 Å². The number of methoxy groups -OCH3 is 1. The standard InChI is InChI=1S/C14H22O4S/c1-3-19(16,17)10-6-8-13(15)11-12-7-4-5-9-14(12)18-2/h4-5,7,9,13,15H,3,6,8,10-11H2,1-2H3. The number of aliphatic hydroxyl groups is 1. The Morgan fingerprint density at radius 1 is 1.32 bits per heavy atom. The highest BCUT2D eigenvalue weighted by Gasteiger charge is 2.12. The van der Waals surface area contributed by atoms with E-state index in [4.69, 9.17) is 4.74 Å². The topological polar surface area (TPSA) is 63.6 Å². The molecule has 0 saturated heterocycles. The summed E-state index contributed by atoms with van der Waals surface area (Å²) in [6.07, 6.45) is 0.920. The van der Waals surface area contributed by atoms with Crippen molar-refractivity contribution in [1.29, 1.82) is 0 Å². The van der Waals surface area contributed by atoms with Crippen LogP contribution in [0.4, 0.5) is 0 Å². The molecule has 0 fully saturated rings. The molecule has 0 heterocycles. The van der Waals surface area contributed by atoms with Crippen LogP contribution >= 0.6 is 0 Å². The SMILES string of the molecule is CCS(=O)(=O)CCCC(O)Cc1ccccc1OC. The minimum atomic E-state index is -2.94. The van der Waals surface area contributed by atoms with Crippen LogP contribution in [0.3, 0.4) is 0 Å². The average Bonchev–Trinajstić information content (AvgIpc) is 2.39. The minimum Gasteiger partial charge on any atom is -0.496 e. The maximum absolute atomic E-state index is 11.3. The van der Waals surface area contributed by atoms with E-state index in [0.717, 1.165) is 11.3 Å². The van der Waals surface area contributed by atoms with E-state index in [2.05, 4.69) is 0 Å². The molecule has 0 spiro atoms. The normalized spacial score (nSPS) is 13.2. The predicted octanol–water partition coefficient (Wildman–Crippen LogP) is 1.81. The third kappa shape index (κ3) is 5.61. The van der Waals surface area contributed by atoms with Crippen molar-refractivity contribution in [3.05, 3.63) is 29.8 Å². The number of hydrogen-bond donors (Lipinski definition) is 1. The van der Waals surface area contributed by atoms with Gasteiger partial charge < -0.3 is 9.84 Å². The van der Waals surface area contributed by atoms with E-state index in [1.807, 2.05) is 24.3 Å². The maximum atomic E-state index is 11.3. The summed E-state index contributed by atoms with van der Waals surface area (Å²) < 4.78 is 27.9. The monoisotopic (exact) mass is 286 g/mol. The molecule has 0 aliphatic heterocycles. The van der Waals surface area contributed by atoms with Crippen LogP contribution in [0.1, 0.15) is 25.3 Å². The lowest BCUT2D eigenvalue weighted by Gasteiger charge is -2.13. The number of hydrogen-bond acceptors (Lipinski definition) is 4. The molecule has 1 N–H and O–H groups in total. The number of ether oxygens (including phenoxy) is 1. The first-order chi connectivity index (χ1) is 8.98. The van der Waals surface area contributed by atoms with Gasteiger partial charge in [0.2, 0.25) is 0 Å². The molecule has 0 aliphatic carbocycles. The summed E-state index contributed by atoms with van der Waals surface area (Å²) in [5.74, 6) is 1.06. The van der Waals surface area contributed by atoms with Gasteiger partial charge in [0.05, 0.1) is 19.0 Å². The van der Waals surface area contributed by atoms with Crippen LogP contribution in [-0.2, 0) is 16.3 Å². The molecule has 4 nitrogen and oxygen atoms in total. The molecule has 1 aromatic rings. The molecule has 1 unspecified atom stereocenters. The molecule has 108 valence electrons. The molecule has 0 saturated carbocycles. The van der Waals surface area contributed by atoms with Crippen molar-refractivity contribution in [3.8, 4) is 5.75 Å². The predicted molar refractivity (Wildman–Crippen MR) is 76.3 cm³/mol. The summed E-state index contributed by atoms with van der Waals surface area (Å²) in [5, 5.41) is 9.94. The van der Waals surface area contributed by atoms with Gasteiger partial charge in [0.1, 0.15) is 15.6 Å². The summed E-state index contributed by atoms with van der Waals surface area (Å²) in [4.78, 5) is 0. The smallest absolute Gasteiger partial charge is 0.150 e. The Morgan fingerprint density at radius 2 is 2.00 bits per heavy atom. The highest BCUT2D eigenvalue weighted by atomic mass is 32.2. The molecule has 0 bridgehead atoms. The van der Waals surface area contributed by atoms with Crippen molar-refractivity contribution in [2.24, 2.45) is 0 Å². The van der Waals surface area contributed by atoms with E-state index in [-0.39, 0.29) is 11.5 Å². The van der Waals surface area contributed by atoms with Crippen molar-refractivity contribution in [1.82, 2.24) is 0 Å². The number of aliphatic hydroxyl groups excluding tert-OH is 1. The summed E-state index contributed by atoms with van der Waals surface area (Å²) in [5.41, 5.74) is 0.941. The van der Waals surface area contributed by atoms with Crippen LogP contribution in [0, 0.1) is 0 Å². The second-order valence-corrected chi connectivity index (χ2v) is 7.02. The lowest BCUT2D eigenvalue weighted by atomic mass is 10.0. The largest absolute Gasteiger partial charge is 0.496 e. The molecule has 19 heavy (non-hydrogen) atoms. The zero-order valence-electron chi connectivity index (χ0n) is 11.5. The Morgan fingerprint density at radius 3 is 2.63 bits per heavy atom. The lowest BCUT2D eigenvalue weighted by molar-refractivity contribution is 0.163. The number of para-hydroxylation sites is 1. The number of rotatable bonds is 8. The first-order valence-electron chi connectivity index (χ1n) is 6.49. The number of benzene rings is 1. The second kappa shape index (κ2) is 7.50. The Balaban J connectivity index is 2.45. The van der Waals surface area contributed by atoms with Crippen LogP contribution in [-0.4, -0.2) is 38.2 Å². The fraction of sp³-hybridized carbons (Fsp3) is 0.571. The summed E-state index contributed by atoms with van der Waals surface area (Å²) in [6.45, 7) is 1.64. The van der Waals surface area contributed by atoms with Crippen LogP contribution in [0.25, 0.3) is 0 Å². The zero-order chi connectivity index (χ0) is 14.3. The van der Waals surface area contributed by atoms with Gasteiger partial charge in [0.15, 0.2) is 0 Å². The van der Waals surface area contributed by atoms with Crippen LogP contribution in [0.2, 0.25) is 0 Å². The summed E-state index contributed by atoms with van der Waals surface area (Å²) in [7, 11) is -1.34. The Kier molecular flexibility index (Phi) is 6.31. The molecule has 0 amide bonds. The maximum Gasteiger partial charge on any atom is 0.150 e. The van der Waals surface area contributed by atoms with E-state index in [1.54, 1.807) is 14.0 Å². The quantitative estimate of drug-likeness (QED) is 0.791. The van der Waals surface area contributed by atoms with Gasteiger partial charge in [-0.15, -0.1) is 0 Å². The Labute approximate surface area is 115 Å². The third-order valence-corrected chi connectivity index (χ3v) is 4.87. The van der Waals surface area contributed by atoms with Crippen LogP contribution in [0.5, 0.6) is 5.75 Å². The molecule has 0 aromatic heterocycles. The van der Waals surface area contributed by atoms with Crippen molar-refractivity contribution in [2.75, 3.05) is 18.6 Å². The van der Waals surface area contributed by atoms with Gasteiger partial charge in [-0.05, 0) is 24.5 Å². The first kappa shape index (κ1) is 16.0. The van der Waals surface area contributed by atoms with Gasteiger partial charge in [-0.25, -0.2) is 8.42 Å². The lowest BCUT2D eigenvalue weighted by Crippen LogP contribution is -2.15. The second-order valence-electron chi connectivity index (χ2n) is 4.55. The summed E-state index contributed by atoms with van der Waals surface area (Å²) in [6, 6.07) is 7.53. The molecular weight excluding hydrogens is 264 g/mol. The van der Waals surface area contributed by atoms with Gasteiger partial charge in [0, 0.05) is 12.2 Å². The Bertz CT molecular complexity index is 482. The third-order valence-electron chi connectivity index (χ3n) is 3.08. The molecule has 0 radical (unpaired) electrons. The molecule has 0 aliphatic rings. The van der Waals surface area contributed by atoms with Crippen molar-refractivity contribution in [2.45, 2.75) is 32.3 Å². The number of sulfone groups is 1. The average molecular weight is 286 g/mol. The van der Waals surface area contributed by atoms with Crippen molar-refractivity contribution >= 4 is 9.84 Å². The van der Waals surface area contributed by atoms with E-state index in [1.165, 1.54) is 0 Å². The Hall–Kier alpha value is -1.07. The van der Waals surface area contributed by atoms with Gasteiger partial charge in [-0.1, -0.05) is 25.1 Å². The van der Waals surface area contributed by atoms with Gasteiger partial charge in [-0.3, -0.25) is 0 Å². The van der Waals surface area contributed by atoms with Gasteiger partial charge >= 0.3 is 0 Å². The fourth-order valence-corrected chi connectivity index (χ4v) is 2.81. The van der Waals surface area contributed by atoms with E-state index in [9.17, 15) is 13.5 Å². The molecule has 1 atom stereocenters. The molecule has 5 heteroatoms. The van der Waals surface area contributed by atoms with Crippen LogP contribution < -0.4 is 4.74 Å². The fourth-order valence-electron chi connectivity index (χ4n) is 1.91. The van der Waals surface area contributed by atoms with E-state index >= 15 is 0 Å². The first-order valence-corrected chi connectivity index (χ1v) is 8.31. The van der Waals surface area contributed by atoms with Crippen LogP contribution in [0.15, 0.2) is 24.3 Å². The van der Waals surface area contributed by atoms with Crippen molar-refractivity contribution in [3.63, 3.8) is 0 Å². The zero-order valence-corrected chi connectivity index (χ0v) is 12.3. The minimum absolute atomic E-state index is 0.145. The summed E-state index contributed by atoms with van der Waals surface area (Å²) >= 11 is 0. The molecule has 1 rings (SSSR count). The molecular formula is C14H22O4S. The van der Waals surface area contributed by atoms with Gasteiger partial charge in [0.25, 0.3) is 0 Å².